The lowest BCUT2D eigenvalue weighted by molar-refractivity contribution is 0.0264. The van der Waals surface area contributed by atoms with Gasteiger partial charge in [0.25, 0.3) is 16.0 Å². The van der Waals surface area contributed by atoms with Crippen LogP contribution in [0.5, 0.6) is 0 Å². The maximum atomic E-state index is 14.8. The number of amides is 1. The van der Waals surface area contributed by atoms with Crippen LogP contribution < -0.4 is 0 Å². The van der Waals surface area contributed by atoms with Gasteiger partial charge in [0.2, 0.25) is 0 Å². The van der Waals surface area contributed by atoms with Crippen molar-refractivity contribution in [3.63, 3.8) is 0 Å². The Hall–Kier alpha value is -3.08. The molecule has 0 saturated carbocycles. The number of aryl methyl sites for hydroxylation is 1. The Labute approximate surface area is 204 Å². The van der Waals surface area contributed by atoms with Gasteiger partial charge in [-0.05, 0) is 47.7 Å². The predicted octanol–water partition coefficient (Wildman–Crippen LogP) is 3.52. The molecule has 0 atom stereocenters. The lowest BCUT2D eigenvalue weighted by atomic mass is 9.99. The summed E-state index contributed by atoms with van der Waals surface area (Å²) < 4.78 is 49.6. The maximum Gasteiger partial charge on any atom is 0.274 e. The summed E-state index contributed by atoms with van der Waals surface area (Å²) in [5.74, 6) is -0.591. The molecule has 0 aliphatic carbocycles. The van der Waals surface area contributed by atoms with Crippen LogP contribution in [0.25, 0.3) is 11.1 Å². The topological polar surface area (TPSA) is 90.7 Å². The van der Waals surface area contributed by atoms with Crippen LogP contribution in [-0.4, -0.2) is 54.3 Å². The van der Waals surface area contributed by atoms with E-state index in [-0.39, 0.29) is 18.6 Å². The third-order valence-corrected chi connectivity index (χ3v) is 6.42. The second-order valence-electron chi connectivity index (χ2n) is 8.68. The van der Waals surface area contributed by atoms with Crippen molar-refractivity contribution in [3.05, 3.63) is 77.6 Å². The summed E-state index contributed by atoms with van der Waals surface area (Å²) in [6.07, 6.45) is 5.70. The minimum absolute atomic E-state index is 0.0109. The van der Waals surface area contributed by atoms with E-state index in [2.05, 4.69) is 4.98 Å². The number of carbonyl (C=O) groups excluding carboxylic acids is 1. The number of imidazole rings is 1. The summed E-state index contributed by atoms with van der Waals surface area (Å²) >= 11 is 0. The molecule has 10 heteroatoms. The first kappa shape index (κ1) is 25.0. The fourth-order valence-corrected chi connectivity index (χ4v) is 4.48. The molecule has 0 bridgehead atoms. The number of nitrogens with zero attached hydrogens (tertiary/aromatic N) is 3. The van der Waals surface area contributed by atoms with Crippen LogP contribution in [0.2, 0.25) is 0 Å². The molecule has 1 amide bonds. The second-order valence-corrected chi connectivity index (χ2v) is 10.3. The van der Waals surface area contributed by atoms with Gasteiger partial charge in [-0.1, -0.05) is 24.3 Å². The molecular weight excluding hydrogens is 473 g/mol. The Morgan fingerprint density at radius 1 is 1.20 bits per heavy atom. The van der Waals surface area contributed by atoms with Crippen molar-refractivity contribution in [2.45, 2.75) is 32.0 Å². The predicted molar refractivity (Wildman–Crippen MR) is 128 cm³/mol. The fraction of sp³-hybridized carbons (Fsp3) is 0.360. The van der Waals surface area contributed by atoms with Gasteiger partial charge in [-0.3, -0.25) is 8.98 Å². The highest BCUT2D eigenvalue weighted by atomic mass is 32.2. The molecule has 2 aromatic carbocycles. The van der Waals surface area contributed by atoms with Crippen molar-refractivity contribution in [3.8, 4) is 11.1 Å². The Balaban J connectivity index is 1.61. The Kier molecular flexibility index (Phi) is 7.63. The quantitative estimate of drug-likeness (QED) is 0.439. The van der Waals surface area contributed by atoms with E-state index in [0.717, 1.165) is 24.7 Å². The average Bonchev–Trinajstić information content (AvgIpc) is 3.28. The van der Waals surface area contributed by atoms with Crippen molar-refractivity contribution >= 4 is 16.0 Å². The van der Waals surface area contributed by atoms with E-state index < -0.39 is 15.9 Å². The van der Waals surface area contributed by atoms with Gasteiger partial charge in [-0.25, -0.2) is 9.37 Å². The molecule has 35 heavy (non-hydrogen) atoms. The molecule has 1 aliphatic rings. The number of halogens is 1. The van der Waals surface area contributed by atoms with E-state index in [9.17, 15) is 17.6 Å². The van der Waals surface area contributed by atoms with E-state index in [1.165, 1.54) is 6.07 Å². The lowest BCUT2D eigenvalue weighted by Crippen LogP contribution is -2.43. The Bertz CT molecular complexity index is 1300. The third-order valence-electron chi connectivity index (χ3n) is 5.88. The number of aromatic nitrogens is 2. The monoisotopic (exact) mass is 501 g/mol. The van der Waals surface area contributed by atoms with Gasteiger partial charge in [-0.15, -0.1) is 0 Å². The lowest BCUT2D eigenvalue weighted by Gasteiger charge is -2.34. The fourth-order valence-electron chi connectivity index (χ4n) is 4.13. The molecule has 1 fully saturated rings. The molecule has 8 nitrogen and oxygen atoms in total. The number of rotatable bonds is 8. The molecule has 1 aliphatic heterocycles. The van der Waals surface area contributed by atoms with E-state index in [4.69, 9.17) is 8.92 Å². The van der Waals surface area contributed by atoms with Crippen LogP contribution in [0, 0.1) is 5.82 Å². The van der Waals surface area contributed by atoms with Gasteiger partial charge in [0, 0.05) is 44.6 Å². The Morgan fingerprint density at radius 3 is 2.66 bits per heavy atom. The summed E-state index contributed by atoms with van der Waals surface area (Å²) in [6, 6.07) is 11.7. The maximum absolute atomic E-state index is 14.8. The van der Waals surface area contributed by atoms with Gasteiger partial charge in [0.15, 0.2) is 0 Å². The van der Waals surface area contributed by atoms with E-state index in [0.29, 0.717) is 42.1 Å². The zero-order valence-corrected chi connectivity index (χ0v) is 20.5. The molecule has 4 rings (SSSR count). The van der Waals surface area contributed by atoms with Crippen molar-refractivity contribution in [2.75, 3.05) is 19.5 Å². The van der Waals surface area contributed by atoms with Gasteiger partial charge >= 0.3 is 0 Å². The first-order chi connectivity index (χ1) is 16.7. The highest BCUT2D eigenvalue weighted by molar-refractivity contribution is 7.85. The van der Waals surface area contributed by atoms with E-state index >= 15 is 0 Å². The average molecular weight is 502 g/mol. The van der Waals surface area contributed by atoms with Crippen LogP contribution in [0.15, 0.2) is 55.0 Å². The number of hydrogen-bond acceptors (Lipinski definition) is 6. The minimum Gasteiger partial charge on any atom is -0.381 e. The first-order valence-electron chi connectivity index (χ1n) is 11.3. The summed E-state index contributed by atoms with van der Waals surface area (Å²) in [5, 5.41) is 0. The van der Waals surface area contributed by atoms with Gasteiger partial charge in [0.05, 0.1) is 19.2 Å². The Morgan fingerprint density at radius 2 is 1.97 bits per heavy atom. The van der Waals surface area contributed by atoms with Crippen LogP contribution in [0.4, 0.5) is 4.39 Å². The van der Waals surface area contributed by atoms with Crippen molar-refractivity contribution in [2.24, 2.45) is 7.05 Å². The summed E-state index contributed by atoms with van der Waals surface area (Å²) in [6.45, 7) is 1.32. The van der Waals surface area contributed by atoms with Gasteiger partial charge in [0.1, 0.15) is 11.5 Å². The van der Waals surface area contributed by atoms with E-state index in [1.807, 2.05) is 7.05 Å². The molecular formula is C25H28FN3O5S. The number of hydrogen-bond donors (Lipinski definition) is 0. The molecule has 0 spiro atoms. The third kappa shape index (κ3) is 6.53. The second kappa shape index (κ2) is 10.7. The minimum atomic E-state index is -3.60. The normalized spacial score (nSPS) is 14.7. The zero-order chi connectivity index (χ0) is 25.0. The molecule has 186 valence electrons. The summed E-state index contributed by atoms with van der Waals surface area (Å²) in [7, 11) is -1.79. The standard InChI is InChI=1S/C25H28FN3O5S/c1-28-15-24(27-17-28)25(30)29(21-8-10-33-11-9-21)14-18-6-7-23(26)22(13-18)20-5-3-4-19(12-20)16-34-35(2,31)32/h3-7,12-13,15,17,21H,8-11,14,16H2,1-2H3. The van der Waals surface area contributed by atoms with Crippen LogP contribution in [-0.2, 0) is 39.2 Å². The number of benzene rings is 2. The molecule has 0 radical (unpaired) electrons. The number of carbonyl (C=O) groups is 1. The SMILES string of the molecule is Cn1cnc(C(=O)N(Cc2ccc(F)c(-c3cccc(COS(C)(=O)=O)c3)c2)C2CCOCC2)c1. The smallest absolute Gasteiger partial charge is 0.274 e. The van der Waals surface area contributed by atoms with Crippen molar-refractivity contribution < 1.29 is 26.5 Å². The highest BCUT2D eigenvalue weighted by Crippen LogP contribution is 2.27. The zero-order valence-electron chi connectivity index (χ0n) is 19.7. The molecule has 0 unspecified atom stereocenters. The summed E-state index contributed by atoms with van der Waals surface area (Å²) in [5.41, 5.74) is 2.69. The van der Waals surface area contributed by atoms with Crippen LogP contribution in [0.3, 0.4) is 0 Å². The first-order valence-corrected chi connectivity index (χ1v) is 13.1. The highest BCUT2D eigenvalue weighted by Gasteiger charge is 2.28. The van der Waals surface area contributed by atoms with Crippen molar-refractivity contribution in [1.82, 2.24) is 14.5 Å². The van der Waals surface area contributed by atoms with Crippen LogP contribution >= 0.6 is 0 Å². The number of ether oxygens (including phenoxy) is 1. The van der Waals surface area contributed by atoms with Crippen LogP contribution in [0.1, 0.15) is 34.5 Å². The molecule has 1 saturated heterocycles. The molecule has 1 aromatic heterocycles. The van der Waals surface area contributed by atoms with Gasteiger partial charge in [-0.2, -0.15) is 8.42 Å². The summed E-state index contributed by atoms with van der Waals surface area (Å²) in [4.78, 5) is 19.4. The largest absolute Gasteiger partial charge is 0.381 e. The van der Waals surface area contributed by atoms with E-state index in [1.54, 1.807) is 58.4 Å². The molecule has 2 heterocycles. The van der Waals surface area contributed by atoms with Crippen molar-refractivity contribution in [1.29, 1.82) is 0 Å². The molecule has 0 N–H and O–H groups in total. The van der Waals surface area contributed by atoms with Gasteiger partial charge < -0.3 is 14.2 Å². The molecule has 3 aromatic rings.